The summed E-state index contributed by atoms with van der Waals surface area (Å²) < 4.78 is 0. The first-order valence-electron chi connectivity index (χ1n) is 4.95. The van der Waals surface area contributed by atoms with E-state index in [1.807, 2.05) is 20.8 Å². The minimum Gasteiger partial charge on any atom is -0.356 e. The Morgan fingerprint density at radius 2 is 1.79 bits per heavy atom. The van der Waals surface area contributed by atoms with Crippen LogP contribution in [0, 0.1) is 13.8 Å². The van der Waals surface area contributed by atoms with Gasteiger partial charge in [-0.15, -0.1) is 0 Å². The topological polar surface area (TPSA) is 29.1 Å². The predicted molar refractivity (Wildman–Crippen MR) is 58.3 cm³/mol. The number of amides is 1. The van der Waals surface area contributed by atoms with E-state index < -0.39 is 0 Å². The molecular formula is C12H17NO. The maximum absolute atomic E-state index is 11.3. The zero-order chi connectivity index (χ0) is 10.6. The van der Waals surface area contributed by atoms with E-state index in [4.69, 9.17) is 0 Å². The van der Waals surface area contributed by atoms with Crippen LogP contribution in [0.4, 0.5) is 0 Å². The van der Waals surface area contributed by atoms with Crippen molar-refractivity contribution in [1.29, 1.82) is 0 Å². The number of likely N-dealkylation sites (N-methyl/N-ethyl adjacent to an activating group) is 1. The molecule has 0 saturated heterocycles. The van der Waals surface area contributed by atoms with Gasteiger partial charge in [-0.2, -0.15) is 0 Å². The summed E-state index contributed by atoms with van der Waals surface area (Å²) in [6.45, 7) is 6.73. The summed E-state index contributed by atoms with van der Waals surface area (Å²) in [6.07, 6.45) is 0.482. The van der Waals surface area contributed by atoms with Crippen LogP contribution in [0.5, 0.6) is 0 Å². The van der Waals surface area contributed by atoms with Gasteiger partial charge in [-0.25, -0.2) is 0 Å². The first-order chi connectivity index (χ1) is 6.61. The van der Waals surface area contributed by atoms with Gasteiger partial charge in [0.05, 0.1) is 6.42 Å². The molecule has 76 valence electrons. The highest BCUT2D eigenvalue weighted by atomic mass is 16.1. The second kappa shape index (κ2) is 4.80. The Kier molecular flexibility index (Phi) is 3.69. The van der Waals surface area contributed by atoms with Gasteiger partial charge in [0.2, 0.25) is 5.91 Å². The highest BCUT2D eigenvalue weighted by molar-refractivity contribution is 5.78. The number of benzene rings is 1. The first kappa shape index (κ1) is 10.8. The molecule has 0 saturated carbocycles. The summed E-state index contributed by atoms with van der Waals surface area (Å²) in [7, 11) is 0. The van der Waals surface area contributed by atoms with E-state index >= 15 is 0 Å². The molecule has 1 aromatic rings. The number of carbonyl (C=O) groups excluding carboxylic acids is 1. The summed E-state index contributed by atoms with van der Waals surface area (Å²) in [4.78, 5) is 11.3. The Balaban J connectivity index is 2.71. The summed E-state index contributed by atoms with van der Waals surface area (Å²) in [5.74, 6) is 0.0949. The molecule has 0 bridgehead atoms. The lowest BCUT2D eigenvalue weighted by molar-refractivity contribution is -0.120. The summed E-state index contributed by atoms with van der Waals surface area (Å²) in [6, 6.07) is 6.23. The van der Waals surface area contributed by atoms with Gasteiger partial charge in [0.25, 0.3) is 0 Å². The predicted octanol–water partition coefficient (Wildman–Crippen LogP) is 1.98. The average molecular weight is 191 g/mol. The number of rotatable bonds is 3. The molecule has 0 radical (unpaired) electrons. The molecule has 0 unspecified atom stereocenters. The van der Waals surface area contributed by atoms with Crippen molar-refractivity contribution in [3.8, 4) is 0 Å². The van der Waals surface area contributed by atoms with E-state index in [0.717, 1.165) is 5.56 Å². The molecular weight excluding hydrogens is 174 g/mol. The van der Waals surface area contributed by atoms with E-state index in [0.29, 0.717) is 13.0 Å². The van der Waals surface area contributed by atoms with Gasteiger partial charge >= 0.3 is 0 Å². The average Bonchev–Trinajstić information content (AvgIpc) is 2.01. The fourth-order valence-corrected chi connectivity index (χ4v) is 1.62. The fraction of sp³-hybridized carbons (Fsp3) is 0.417. The van der Waals surface area contributed by atoms with E-state index in [-0.39, 0.29) is 5.91 Å². The summed E-state index contributed by atoms with van der Waals surface area (Å²) in [5, 5.41) is 2.79. The lowest BCUT2D eigenvalue weighted by Gasteiger charge is -2.04. The first-order valence-corrected chi connectivity index (χ1v) is 4.95. The Bertz CT molecular complexity index is 311. The third-order valence-corrected chi connectivity index (χ3v) is 2.02. The Labute approximate surface area is 85.3 Å². The second-order valence-corrected chi connectivity index (χ2v) is 3.63. The van der Waals surface area contributed by atoms with Gasteiger partial charge in [-0.3, -0.25) is 4.79 Å². The van der Waals surface area contributed by atoms with Crippen LogP contribution in [0.1, 0.15) is 23.6 Å². The van der Waals surface area contributed by atoms with Crippen LogP contribution in [-0.2, 0) is 11.2 Å². The molecule has 1 aromatic carbocycles. The van der Waals surface area contributed by atoms with Crippen molar-refractivity contribution >= 4 is 5.91 Å². The van der Waals surface area contributed by atoms with Crippen molar-refractivity contribution in [3.05, 3.63) is 34.9 Å². The molecule has 0 atom stereocenters. The smallest absolute Gasteiger partial charge is 0.224 e. The molecule has 0 heterocycles. The Morgan fingerprint density at radius 1 is 1.21 bits per heavy atom. The van der Waals surface area contributed by atoms with E-state index in [1.165, 1.54) is 11.1 Å². The van der Waals surface area contributed by atoms with E-state index in [9.17, 15) is 4.79 Å². The number of carbonyl (C=O) groups is 1. The molecule has 0 aliphatic rings. The Hall–Kier alpha value is -1.31. The van der Waals surface area contributed by atoms with Crippen LogP contribution in [0.25, 0.3) is 0 Å². The van der Waals surface area contributed by atoms with E-state index in [1.54, 1.807) is 0 Å². The largest absolute Gasteiger partial charge is 0.356 e. The van der Waals surface area contributed by atoms with Crippen molar-refractivity contribution < 1.29 is 4.79 Å². The second-order valence-electron chi connectivity index (χ2n) is 3.63. The number of aryl methyl sites for hydroxylation is 2. The van der Waals surface area contributed by atoms with Crippen LogP contribution in [0.3, 0.4) is 0 Å². The molecule has 0 fully saturated rings. The normalized spacial score (nSPS) is 9.93. The zero-order valence-corrected chi connectivity index (χ0v) is 9.05. The van der Waals surface area contributed by atoms with Crippen LogP contribution < -0.4 is 5.32 Å². The van der Waals surface area contributed by atoms with Gasteiger partial charge < -0.3 is 5.32 Å². The molecule has 1 amide bonds. The summed E-state index contributed by atoms with van der Waals surface area (Å²) in [5.41, 5.74) is 3.52. The molecule has 0 aromatic heterocycles. The highest BCUT2D eigenvalue weighted by Crippen LogP contribution is 2.09. The number of hydrogen-bond acceptors (Lipinski definition) is 1. The van der Waals surface area contributed by atoms with Crippen molar-refractivity contribution in [2.45, 2.75) is 27.2 Å². The van der Waals surface area contributed by atoms with Crippen LogP contribution in [0.2, 0.25) is 0 Å². The maximum atomic E-state index is 11.3. The molecule has 1 N–H and O–H groups in total. The lowest BCUT2D eigenvalue weighted by Crippen LogP contribution is -2.24. The van der Waals surface area contributed by atoms with Crippen molar-refractivity contribution in [3.63, 3.8) is 0 Å². The lowest BCUT2D eigenvalue weighted by atomic mass is 10.0. The third-order valence-electron chi connectivity index (χ3n) is 2.02. The van der Waals surface area contributed by atoms with E-state index in [2.05, 4.69) is 23.5 Å². The van der Waals surface area contributed by atoms with Crippen LogP contribution >= 0.6 is 0 Å². The van der Waals surface area contributed by atoms with Gasteiger partial charge in [-0.05, 0) is 26.3 Å². The minimum absolute atomic E-state index is 0.0949. The minimum atomic E-state index is 0.0949. The highest BCUT2D eigenvalue weighted by Gasteiger charge is 2.02. The molecule has 14 heavy (non-hydrogen) atoms. The quantitative estimate of drug-likeness (QED) is 0.777. The Morgan fingerprint density at radius 3 is 2.29 bits per heavy atom. The molecule has 0 aliphatic heterocycles. The standard InChI is InChI=1S/C12H17NO/c1-4-13-12(14)8-11-6-9(2)5-10(3)7-11/h5-7H,4,8H2,1-3H3,(H,13,14). The van der Waals surface area contributed by atoms with Crippen molar-refractivity contribution in [1.82, 2.24) is 5.32 Å². The monoisotopic (exact) mass is 191 g/mol. The molecule has 0 spiro atoms. The molecule has 0 aliphatic carbocycles. The van der Waals surface area contributed by atoms with Gasteiger partial charge in [0.15, 0.2) is 0 Å². The maximum Gasteiger partial charge on any atom is 0.224 e. The van der Waals surface area contributed by atoms with Gasteiger partial charge in [-0.1, -0.05) is 29.3 Å². The zero-order valence-electron chi connectivity index (χ0n) is 9.05. The van der Waals surface area contributed by atoms with Crippen molar-refractivity contribution in [2.24, 2.45) is 0 Å². The number of nitrogens with one attached hydrogen (secondary N) is 1. The third kappa shape index (κ3) is 3.21. The summed E-state index contributed by atoms with van der Waals surface area (Å²) >= 11 is 0. The van der Waals surface area contributed by atoms with Gasteiger partial charge in [0, 0.05) is 6.54 Å². The fourth-order valence-electron chi connectivity index (χ4n) is 1.62. The molecule has 2 nitrogen and oxygen atoms in total. The van der Waals surface area contributed by atoms with Crippen LogP contribution in [0.15, 0.2) is 18.2 Å². The van der Waals surface area contributed by atoms with Gasteiger partial charge in [0.1, 0.15) is 0 Å². The molecule has 2 heteroatoms. The van der Waals surface area contributed by atoms with Crippen molar-refractivity contribution in [2.75, 3.05) is 6.54 Å². The van der Waals surface area contributed by atoms with Crippen LogP contribution in [-0.4, -0.2) is 12.5 Å². The molecule has 1 rings (SSSR count). The number of hydrogen-bond donors (Lipinski definition) is 1. The SMILES string of the molecule is CCNC(=O)Cc1cc(C)cc(C)c1.